The van der Waals surface area contributed by atoms with Crippen LogP contribution < -0.4 is 5.73 Å². The largest absolute Gasteiger partial charge is 0.327 e. The Morgan fingerprint density at radius 2 is 1.73 bits per heavy atom. The zero-order chi connectivity index (χ0) is 7.84. The number of rotatable bonds is 0. The molecule has 2 aliphatic rings. The van der Waals surface area contributed by atoms with Gasteiger partial charge in [-0.1, -0.05) is 6.42 Å². The van der Waals surface area contributed by atoms with Crippen molar-refractivity contribution in [3.05, 3.63) is 0 Å². The Morgan fingerprint density at radius 3 is 2.27 bits per heavy atom. The lowest BCUT2D eigenvalue weighted by molar-refractivity contribution is 0.0817. The second-order valence-electron chi connectivity index (χ2n) is 4.25. The average molecular weight is 154 g/mol. The van der Waals surface area contributed by atoms with Crippen LogP contribution >= 0.6 is 0 Å². The first kappa shape index (κ1) is 7.56. The minimum Gasteiger partial charge on any atom is -0.327 e. The Labute approximate surface area is 68.7 Å². The normalized spacial score (nSPS) is 45.8. The van der Waals surface area contributed by atoms with E-state index in [1.54, 1.807) is 0 Å². The van der Waals surface area contributed by atoms with Crippen LogP contribution in [0.5, 0.6) is 0 Å². The second-order valence-corrected chi connectivity index (χ2v) is 4.25. The van der Waals surface area contributed by atoms with Crippen molar-refractivity contribution in [2.75, 3.05) is 20.1 Å². The quantitative estimate of drug-likeness (QED) is 0.556. The highest BCUT2D eigenvalue weighted by Gasteiger charge is 2.35. The molecule has 1 aliphatic heterocycles. The van der Waals surface area contributed by atoms with Gasteiger partial charge < -0.3 is 10.6 Å². The van der Waals surface area contributed by atoms with Crippen molar-refractivity contribution >= 4 is 0 Å². The van der Waals surface area contributed by atoms with Gasteiger partial charge in [0, 0.05) is 19.1 Å². The summed E-state index contributed by atoms with van der Waals surface area (Å²) in [5, 5.41) is 0. The van der Waals surface area contributed by atoms with Crippen LogP contribution in [0.2, 0.25) is 0 Å². The lowest BCUT2D eigenvalue weighted by atomic mass is 9.74. The predicted molar refractivity (Wildman–Crippen MR) is 46.3 cm³/mol. The smallest absolute Gasteiger partial charge is 0.0120 e. The van der Waals surface area contributed by atoms with Gasteiger partial charge in [-0.25, -0.2) is 0 Å². The number of hydrogen-bond donors (Lipinski definition) is 1. The minimum atomic E-state index is 0.514. The van der Waals surface area contributed by atoms with E-state index in [1.165, 1.54) is 32.4 Å². The highest BCUT2D eigenvalue weighted by atomic mass is 15.1. The summed E-state index contributed by atoms with van der Waals surface area (Å²) < 4.78 is 0. The van der Waals surface area contributed by atoms with Gasteiger partial charge in [0.1, 0.15) is 0 Å². The molecule has 0 amide bonds. The molecule has 1 heterocycles. The van der Waals surface area contributed by atoms with Crippen LogP contribution in [0.3, 0.4) is 0 Å². The molecule has 1 aliphatic carbocycles. The fraction of sp³-hybridized carbons (Fsp3) is 1.00. The van der Waals surface area contributed by atoms with Crippen molar-refractivity contribution in [2.24, 2.45) is 17.6 Å². The lowest BCUT2D eigenvalue weighted by Gasteiger charge is -2.44. The summed E-state index contributed by atoms with van der Waals surface area (Å²) >= 11 is 0. The van der Waals surface area contributed by atoms with Crippen LogP contribution in [-0.4, -0.2) is 31.1 Å². The van der Waals surface area contributed by atoms with Crippen LogP contribution in [0.15, 0.2) is 0 Å². The van der Waals surface area contributed by atoms with Crippen LogP contribution in [-0.2, 0) is 0 Å². The zero-order valence-corrected chi connectivity index (χ0v) is 7.29. The SMILES string of the molecule is CN1CC2CCCC(C1)C2N. The van der Waals surface area contributed by atoms with Crippen molar-refractivity contribution in [1.29, 1.82) is 0 Å². The molecule has 0 radical (unpaired) electrons. The summed E-state index contributed by atoms with van der Waals surface area (Å²) in [7, 11) is 2.22. The third-order valence-electron chi connectivity index (χ3n) is 3.33. The standard InChI is InChI=1S/C9H18N2/c1-11-5-7-3-2-4-8(6-11)9(7)10/h7-9H,2-6,10H2,1H3. The fourth-order valence-electron chi connectivity index (χ4n) is 2.71. The van der Waals surface area contributed by atoms with E-state index >= 15 is 0 Å². The van der Waals surface area contributed by atoms with Gasteiger partial charge in [-0.05, 0) is 31.7 Å². The summed E-state index contributed by atoms with van der Waals surface area (Å²) in [4.78, 5) is 2.44. The number of piperidine rings is 1. The molecule has 2 nitrogen and oxygen atoms in total. The molecule has 2 fully saturated rings. The molecule has 64 valence electrons. The van der Waals surface area contributed by atoms with Crippen molar-refractivity contribution in [3.8, 4) is 0 Å². The van der Waals surface area contributed by atoms with E-state index in [0.717, 1.165) is 11.8 Å². The third kappa shape index (κ3) is 1.30. The summed E-state index contributed by atoms with van der Waals surface area (Å²) in [6.07, 6.45) is 4.14. The van der Waals surface area contributed by atoms with E-state index in [0.29, 0.717) is 6.04 Å². The number of nitrogens with zero attached hydrogens (tertiary/aromatic N) is 1. The maximum atomic E-state index is 6.12. The molecule has 2 rings (SSSR count). The van der Waals surface area contributed by atoms with Gasteiger partial charge in [0.2, 0.25) is 0 Å². The first-order chi connectivity index (χ1) is 5.27. The Bertz CT molecular complexity index is 132. The van der Waals surface area contributed by atoms with Crippen molar-refractivity contribution < 1.29 is 0 Å². The molecule has 11 heavy (non-hydrogen) atoms. The molecule has 1 saturated carbocycles. The highest BCUT2D eigenvalue weighted by Crippen LogP contribution is 2.32. The van der Waals surface area contributed by atoms with Crippen LogP contribution in [0.25, 0.3) is 0 Å². The van der Waals surface area contributed by atoms with Crippen LogP contribution in [0.4, 0.5) is 0 Å². The maximum absolute atomic E-state index is 6.12. The molecular formula is C9H18N2. The minimum absolute atomic E-state index is 0.514. The first-order valence-corrected chi connectivity index (χ1v) is 4.71. The van der Waals surface area contributed by atoms with Crippen molar-refractivity contribution in [3.63, 3.8) is 0 Å². The highest BCUT2D eigenvalue weighted by molar-refractivity contribution is 4.91. The molecule has 1 saturated heterocycles. The molecule has 2 N–H and O–H groups in total. The van der Waals surface area contributed by atoms with Gasteiger partial charge in [0.05, 0.1) is 0 Å². The maximum Gasteiger partial charge on any atom is 0.0120 e. The van der Waals surface area contributed by atoms with Crippen molar-refractivity contribution in [2.45, 2.75) is 25.3 Å². The topological polar surface area (TPSA) is 29.3 Å². The molecule has 2 unspecified atom stereocenters. The zero-order valence-electron chi connectivity index (χ0n) is 7.29. The van der Waals surface area contributed by atoms with Crippen molar-refractivity contribution in [1.82, 2.24) is 4.90 Å². The van der Waals surface area contributed by atoms with Crippen LogP contribution in [0, 0.1) is 11.8 Å². The van der Waals surface area contributed by atoms with E-state index in [9.17, 15) is 0 Å². The summed E-state index contributed by atoms with van der Waals surface area (Å²) in [5.74, 6) is 1.60. The molecule has 0 aromatic carbocycles. The Hall–Kier alpha value is -0.0800. The lowest BCUT2D eigenvalue weighted by Crippen LogP contribution is -2.53. The molecule has 2 heteroatoms. The Kier molecular flexibility index (Phi) is 1.90. The van der Waals surface area contributed by atoms with Gasteiger partial charge in [-0.2, -0.15) is 0 Å². The molecule has 2 atom stereocenters. The third-order valence-corrected chi connectivity index (χ3v) is 3.33. The fourth-order valence-corrected chi connectivity index (χ4v) is 2.71. The predicted octanol–water partition coefficient (Wildman–Crippen LogP) is 0.675. The summed E-state index contributed by atoms with van der Waals surface area (Å²) in [6.45, 7) is 2.47. The number of fused-ring (bicyclic) bond motifs is 2. The summed E-state index contributed by atoms with van der Waals surface area (Å²) in [6, 6.07) is 0.514. The van der Waals surface area contributed by atoms with E-state index in [-0.39, 0.29) is 0 Å². The molecule has 2 bridgehead atoms. The second kappa shape index (κ2) is 2.76. The average Bonchev–Trinajstić information content (AvgIpc) is 1.92. The van der Waals surface area contributed by atoms with E-state index in [2.05, 4.69) is 11.9 Å². The Balaban J connectivity index is 2.07. The van der Waals surface area contributed by atoms with Gasteiger partial charge in [-0.3, -0.25) is 0 Å². The van der Waals surface area contributed by atoms with Gasteiger partial charge in [0.25, 0.3) is 0 Å². The number of nitrogens with two attached hydrogens (primary N) is 1. The molecule has 0 aromatic heterocycles. The number of likely N-dealkylation sites (tertiary alicyclic amines) is 1. The van der Waals surface area contributed by atoms with Crippen LogP contribution in [0.1, 0.15) is 19.3 Å². The number of hydrogen-bond acceptors (Lipinski definition) is 2. The monoisotopic (exact) mass is 154 g/mol. The van der Waals surface area contributed by atoms with Gasteiger partial charge in [0.15, 0.2) is 0 Å². The van der Waals surface area contributed by atoms with Gasteiger partial charge >= 0.3 is 0 Å². The molecule has 0 aromatic rings. The molecule has 0 spiro atoms. The van der Waals surface area contributed by atoms with E-state index in [1.807, 2.05) is 0 Å². The van der Waals surface area contributed by atoms with E-state index < -0.39 is 0 Å². The Morgan fingerprint density at radius 1 is 1.18 bits per heavy atom. The summed E-state index contributed by atoms with van der Waals surface area (Å²) in [5.41, 5.74) is 6.12. The van der Waals surface area contributed by atoms with Gasteiger partial charge in [-0.15, -0.1) is 0 Å². The van der Waals surface area contributed by atoms with E-state index in [4.69, 9.17) is 5.73 Å². The molecular weight excluding hydrogens is 136 g/mol. The first-order valence-electron chi connectivity index (χ1n) is 4.71.